The van der Waals surface area contributed by atoms with Crippen molar-refractivity contribution in [3.8, 4) is 0 Å². The minimum atomic E-state index is -4.33. The van der Waals surface area contributed by atoms with Crippen LogP contribution in [0.4, 0.5) is 0 Å². The first kappa shape index (κ1) is 54.2. The van der Waals surface area contributed by atoms with Crippen LogP contribution in [-0.4, -0.2) is 73.4 Å². The maximum absolute atomic E-state index is 12.9. The third-order valence-electron chi connectivity index (χ3n) is 10.8. The number of phosphoric ester groups is 1. The second-order valence-electron chi connectivity index (χ2n) is 17.5. The Balaban J connectivity index is 4.33. The number of unbranched alkanes of at least 4 members (excludes halogenated alkanes) is 30. The SMILES string of the molecule is CCCCCCCCCCCCCCCCCCCC/C=C/C(O)C(COP(=O)(O)OCC[N+](C)(C)C)NC(=O)CCCCCCCCCCCCCCC. The molecule has 3 N–H and O–H groups in total. The van der Waals surface area contributed by atoms with E-state index in [1.165, 1.54) is 173 Å². The highest BCUT2D eigenvalue weighted by Crippen LogP contribution is 2.43. The number of allylic oxidation sites excluding steroid dienone is 1. The number of phosphoric acid groups is 1. The average molecular weight is 802 g/mol. The van der Waals surface area contributed by atoms with Crippen LogP contribution in [0.2, 0.25) is 0 Å². The van der Waals surface area contributed by atoms with Crippen molar-refractivity contribution in [2.24, 2.45) is 0 Å². The van der Waals surface area contributed by atoms with Crippen LogP contribution in [0.3, 0.4) is 0 Å². The molecule has 0 rings (SSSR count). The molecule has 0 aromatic carbocycles. The molecule has 328 valence electrons. The summed E-state index contributed by atoms with van der Waals surface area (Å²) in [5.41, 5.74) is 0. The van der Waals surface area contributed by atoms with E-state index in [0.717, 1.165) is 32.1 Å². The fourth-order valence-electron chi connectivity index (χ4n) is 6.98. The van der Waals surface area contributed by atoms with E-state index in [2.05, 4.69) is 19.2 Å². The van der Waals surface area contributed by atoms with E-state index in [9.17, 15) is 19.4 Å². The Morgan fingerprint density at radius 3 is 1.35 bits per heavy atom. The molecule has 55 heavy (non-hydrogen) atoms. The minimum Gasteiger partial charge on any atom is -0.387 e. The Kier molecular flexibility index (Phi) is 38.2. The number of aliphatic hydroxyl groups is 1. The largest absolute Gasteiger partial charge is 0.472 e. The van der Waals surface area contributed by atoms with Crippen LogP contribution in [0, 0.1) is 0 Å². The van der Waals surface area contributed by atoms with Crippen LogP contribution in [0.5, 0.6) is 0 Å². The highest BCUT2D eigenvalue weighted by molar-refractivity contribution is 7.47. The third kappa shape index (κ3) is 41.2. The number of hydrogen-bond donors (Lipinski definition) is 3. The van der Waals surface area contributed by atoms with E-state index in [-0.39, 0.29) is 19.1 Å². The lowest BCUT2D eigenvalue weighted by Gasteiger charge is -2.25. The molecule has 0 saturated carbocycles. The van der Waals surface area contributed by atoms with Gasteiger partial charge in [-0.25, -0.2) is 4.57 Å². The maximum atomic E-state index is 12.9. The molecule has 8 nitrogen and oxygen atoms in total. The summed E-state index contributed by atoms with van der Waals surface area (Å²) in [5, 5.41) is 13.8. The van der Waals surface area contributed by atoms with Crippen LogP contribution in [0.1, 0.15) is 226 Å². The Bertz CT molecular complexity index is 911. The lowest BCUT2D eigenvalue weighted by molar-refractivity contribution is -0.870. The number of amides is 1. The second kappa shape index (κ2) is 38.7. The lowest BCUT2D eigenvalue weighted by atomic mass is 10.0. The van der Waals surface area contributed by atoms with Crippen molar-refractivity contribution >= 4 is 13.7 Å². The maximum Gasteiger partial charge on any atom is 0.472 e. The van der Waals surface area contributed by atoms with Gasteiger partial charge in [-0.05, 0) is 19.3 Å². The topological polar surface area (TPSA) is 105 Å². The summed E-state index contributed by atoms with van der Waals surface area (Å²) in [4.78, 5) is 23.1. The van der Waals surface area contributed by atoms with Crippen molar-refractivity contribution in [3.63, 3.8) is 0 Å². The average Bonchev–Trinajstić information content (AvgIpc) is 3.13. The fourth-order valence-corrected chi connectivity index (χ4v) is 7.72. The molecular formula is C46H94N2O6P+. The van der Waals surface area contributed by atoms with E-state index >= 15 is 0 Å². The summed E-state index contributed by atoms with van der Waals surface area (Å²) in [5.74, 6) is -0.175. The molecule has 0 aliphatic rings. The highest BCUT2D eigenvalue weighted by Gasteiger charge is 2.27. The molecule has 0 bridgehead atoms. The molecule has 0 aliphatic heterocycles. The first-order chi connectivity index (χ1) is 26.5. The van der Waals surface area contributed by atoms with Gasteiger partial charge in [0, 0.05) is 6.42 Å². The van der Waals surface area contributed by atoms with Gasteiger partial charge in [-0.3, -0.25) is 13.8 Å². The van der Waals surface area contributed by atoms with Crippen LogP contribution in [-0.2, 0) is 18.4 Å². The van der Waals surface area contributed by atoms with Crippen molar-refractivity contribution in [1.29, 1.82) is 0 Å². The van der Waals surface area contributed by atoms with E-state index in [1.807, 2.05) is 27.2 Å². The Morgan fingerprint density at radius 1 is 0.600 bits per heavy atom. The monoisotopic (exact) mass is 802 g/mol. The van der Waals surface area contributed by atoms with Crippen molar-refractivity contribution in [2.45, 2.75) is 238 Å². The van der Waals surface area contributed by atoms with E-state index in [1.54, 1.807) is 6.08 Å². The molecule has 3 atom stereocenters. The van der Waals surface area contributed by atoms with Crippen molar-refractivity contribution < 1.29 is 32.9 Å². The number of likely N-dealkylation sites (N-methyl/N-ethyl adjacent to an activating group) is 1. The summed E-state index contributed by atoms with van der Waals surface area (Å²) in [6.45, 7) is 4.83. The normalized spacial score (nSPS) is 14.4. The second-order valence-corrected chi connectivity index (χ2v) is 18.9. The minimum absolute atomic E-state index is 0.0647. The van der Waals surface area contributed by atoms with Crippen LogP contribution in [0.25, 0.3) is 0 Å². The molecule has 0 aromatic rings. The number of quaternary nitrogens is 1. The van der Waals surface area contributed by atoms with Gasteiger partial charge >= 0.3 is 7.82 Å². The summed E-state index contributed by atoms with van der Waals surface area (Å²) in [6, 6.07) is -0.839. The van der Waals surface area contributed by atoms with Gasteiger partial charge in [0.2, 0.25) is 5.91 Å². The molecular weight excluding hydrogens is 707 g/mol. The Hall–Kier alpha value is -0.760. The molecule has 0 saturated heterocycles. The van der Waals surface area contributed by atoms with Crippen LogP contribution >= 0.6 is 7.82 Å². The number of aliphatic hydroxyl groups excluding tert-OH is 1. The molecule has 3 unspecified atom stereocenters. The quantitative estimate of drug-likeness (QED) is 0.0245. The number of hydrogen-bond acceptors (Lipinski definition) is 5. The van der Waals surface area contributed by atoms with E-state index in [4.69, 9.17) is 9.05 Å². The van der Waals surface area contributed by atoms with Crippen molar-refractivity contribution in [1.82, 2.24) is 5.32 Å². The van der Waals surface area contributed by atoms with Gasteiger partial charge < -0.3 is 19.8 Å². The van der Waals surface area contributed by atoms with Gasteiger partial charge in [0.15, 0.2) is 0 Å². The summed E-state index contributed by atoms with van der Waals surface area (Å²) < 4.78 is 23.6. The van der Waals surface area contributed by atoms with Gasteiger partial charge in [-0.1, -0.05) is 212 Å². The molecule has 0 radical (unpaired) electrons. The van der Waals surface area contributed by atoms with Gasteiger partial charge in [0.25, 0.3) is 0 Å². The van der Waals surface area contributed by atoms with E-state index in [0.29, 0.717) is 17.4 Å². The van der Waals surface area contributed by atoms with Crippen molar-refractivity contribution in [3.05, 3.63) is 12.2 Å². The first-order valence-electron chi connectivity index (χ1n) is 23.6. The predicted octanol–water partition coefficient (Wildman–Crippen LogP) is 13.1. The standard InChI is InChI=1S/C46H93N2O6P/c1-6-8-10-12-14-16-18-20-21-22-23-24-25-26-28-29-31-33-35-37-39-45(49)44(43-54-55(51,52)53-42-41-48(3,4)5)47-46(50)40-38-36-34-32-30-27-19-17-15-13-11-9-7-2/h37,39,44-45,49H,6-36,38,40-43H2,1-5H3,(H-,47,50,51,52)/p+1/b39-37+. The van der Waals surface area contributed by atoms with Gasteiger partial charge in [-0.15, -0.1) is 0 Å². The summed E-state index contributed by atoms with van der Waals surface area (Å²) in [7, 11) is 1.58. The van der Waals surface area contributed by atoms with Crippen LogP contribution in [0.15, 0.2) is 12.2 Å². The number of carbonyl (C=O) groups is 1. The van der Waals surface area contributed by atoms with Gasteiger partial charge in [0.1, 0.15) is 13.2 Å². The molecule has 0 aromatic heterocycles. The molecule has 0 spiro atoms. The van der Waals surface area contributed by atoms with Crippen LogP contribution < -0.4 is 5.32 Å². The Labute approximate surface area is 342 Å². The van der Waals surface area contributed by atoms with Gasteiger partial charge in [0.05, 0.1) is 39.9 Å². The molecule has 9 heteroatoms. The molecule has 0 fully saturated rings. The molecule has 0 heterocycles. The third-order valence-corrected chi connectivity index (χ3v) is 11.7. The van der Waals surface area contributed by atoms with E-state index < -0.39 is 20.0 Å². The fraction of sp³-hybridized carbons (Fsp3) is 0.935. The Morgan fingerprint density at radius 2 is 0.964 bits per heavy atom. The number of nitrogens with zero attached hydrogens (tertiary/aromatic N) is 1. The molecule has 1 amide bonds. The zero-order valence-electron chi connectivity index (χ0n) is 37.2. The highest BCUT2D eigenvalue weighted by atomic mass is 31.2. The zero-order valence-corrected chi connectivity index (χ0v) is 38.1. The summed E-state index contributed by atoms with van der Waals surface area (Å²) >= 11 is 0. The smallest absolute Gasteiger partial charge is 0.387 e. The number of rotatable bonds is 43. The number of carbonyl (C=O) groups excluding carboxylic acids is 1. The first-order valence-corrected chi connectivity index (χ1v) is 25.1. The molecule has 0 aliphatic carbocycles. The number of nitrogens with one attached hydrogen (secondary N) is 1. The zero-order chi connectivity index (χ0) is 40.7. The summed E-state index contributed by atoms with van der Waals surface area (Å²) in [6.07, 6.45) is 44.2. The predicted molar refractivity (Wildman–Crippen MR) is 235 cm³/mol. The van der Waals surface area contributed by atoms with Crippen molar-refractivity contribution in [2.75, 3.05) is 40.9 Å². The van der Waals surface area contributed by atoms with Gasteiger partial charge in [-0.2, -0.15) is 0 Å². The lowest BCUT2D eigenvalue weighted by Crippen LogP contribution is -2.45.